The van der Waals surface area contributed by atoms with Gasteiger partial charge in [0.2, 0.25) is 0 Å². The normalized spacial score (nSPS) is 9.81. The van der Waals surface area contributed by atoms with Gasteiger partial charge in [-0.2, -0.15) is 0 Å². The van der Waals surface area contributed by atoms with Gasteiger partial charge in [0.1, 0.15) is 17.4 Å². The van der Waals surface area contributed by atoms with E-state index in [0.717, 1.165) is 11.4 Å². The number of nitrogens with one attached hydrogen (secondary N) is 1. The fourth-order valence-corrected chi connectivity index (χ4v) is 1.37. The van der Waals surface area contributed by atoms with Gasteiger partial charge in [-0.05, 0) is 24.3 Å². The zero-order chi connectivity index (χ0) is 11.4. The minimum atomic E-state index is 0.493. The molecule has 0 radical (unpaired) electrons. The van der Waals surface area contributed by atoms with E-state index in [9.17, 15) is 0 Å². The molecule has 0 bridgehead atoms. The van der Waals surface area contributed by atoms with Crippen LogP contribution in [0.4, 0.5) is 17.3 Å². The number of hydrogen-bond acceptors (Lipinski definition) is 4. The third-order valence-electron chi connectivity index (χ3n) is 2.11. The van der Waals surface area contributed by atoms with Crippen molar-refractivity contribution in [3.8, 4) is 5.75 Å². The predicted molar refractivity (Wildman–Crippen MR) is 64.9 cm³/mol. The van der Waals surface area contributed by atoms with Gasteiger partial charge in [-0.25, -0.2) is 4.98 Å². The molecule has 1 heterocycles. The summed E-state index contributed by atoms with van der Waals surface area (Å²) in [5.41, 5.74) is 6.51. The molecular weight excluding hydrogens is 202 g/mol. The first kappa shape index (κ1) is 10.3. The minimum absolute atomic E-state index is 0.493. The van der Waals surface area contributed by atoms with Crippen LogP contribution in [-0.2, 0) is 0 Å². The van der Waals surface area contributed by atoms with Gasteiger partial charge < -0.3 is 15.8 Å². The molecule has 2 rings (SSSR count). The van der Waals surface area contributed by atoms with Crippen LogP contribution in [0.25, 0.3) is 0 Å². The maximum absolute atomic E-state index is 5.59. The number of nitrogens with two attached hydrogens (primary N) is 1. The van der Waals surface area contributed by atoms with Crippen molar-refractivity contribution in [2.75, 3.05) is 18.2 Å². The summed E-state index contributed by atoms with van der Waals surface area (Å²) < 4.78 is 5.13. The third kappa shape index (κ3) is 2.42. The molecule has 3 N–H and O–H groups in total. The molecule has 0 aliphatic rings. The lowest BCUT2D eigenvalue weighted by atomic mass is 10.3. The standard InChI is InChI=1S/C12H13N3O/c1-16-10-5-2-4-9(8-10)14-12-7-3-6-11(13)15-12/h2-8H,1H3,(H3,13,14,15). The molecule has 0 saturated carbocycles. The van der Waals surface area contributed by atoms with Gasteiger partial charge in [-0.1, -0.05) is 12.1 Å². The first-order valence-corrected chi connectivity index (χ1v) is 4.91. The van der Waals surface area contributed by atoms with E-state index in [1.807, 2.05) is 36.4 Å². The monoisotopic (exact) mass is 215 g/mol. The number of anilines is 3. The fraction of sp³-hybridized carbons (Fsp3) is 0.0833. The van der Waals surface area contributed by atoms with Crippen molar-refractivity contribution >= 4 is 17.3 Å². The quantitative estimate of drug-likeness (QED) is 0.825. The van der Waals surface area contributed by atoms with Crippen LogP contribution in [0, 0.1) is 0 Å². The van der Waals surface area contributed by atoms with E-state index in [4.69, 9.17) is 10.5 Å². The summed E-state index contributed by atoms with van der Waals surface area (Å²) in [6.45, 7) is 0. The lowest BCUT2D eigenvalue weighted by Crippen LogP contribution is -1.96. The lowest BCUT2D eigenvalue weighted by Gasteiger charge is -2.07. The van der Waals surface area contributed by atoms with E-state index < -0.39 is 0 Å². The second kappa shape index (κ2) is 4.53. The number of nitrogen functional groups attached to an aromatic ring is 1. The highest BCUT2D eigenvalue weighted by Gasteiger charge is 1.97. The van der Waals surface area contributed by atoms with Crippen molar-refractivity contribution < 1.29 is 4.74 Å². The van der Waals surface area contributed by atoms with Crippen molar-refractivity contribution in [2.24, 2.45) is 0 Å². The summed E-state index contributed by atoms with van der Waals surface area (Å²) in [7, 11) is 1.64. The van der Waals surface area contributed by atoms with E-state index in [1.54, 1.807) is 13.2 Å². The van der Waals surface area contributed by atoms with Crippen LogP contribution in [0.5, 0.6) is 5.75 Å². The molecule has 0 amide bonds. The minimum Gasteiger partial charge on any atom is -0.497 e. The molecule has 0 spiro atoms. The molecule has 82 valence electrons. The molecule has 0 aliphatic carbocycles. The first-order valence-electron chi connectivity index (χ1n) is 4.91. The summed E-state index contributed by atoms with van der Waals surface area (Å²) >= 11 is 0. The number of nitrogens with zero attached hydrogens (tertiary/aromatic N) is 1. The molecule has 0 saturated heterocycles. The SMILES string of the molecule is COc1cccc(Nc2cccc(N)n2)c1. The predicted octanol–water partition coefficient (Wildman–Crippen LogP) is 2.42. The highest BCUT2D eigenvalue weighted by molar-refractivity contribution is 5.59. The lowest BCUT2D eigenvalue weighted by molar-refractivity contribution is 0.415. The van der Waals surface area contributed by atoms with Gasteiger partial charge in [-0.3, -0.25) is 0 Å². The van der Waals surface area contributed by atoms with Gasteiger partial charge in [0.15, 0.2) is 0 Å². The molecule has 0 aliphatic heterocycles. The molecule has 0 atom stereocenters. The van der Waals surface area contributed by atoms with Crippen LogP contribution < -0.4 is 15.8 Å². The number of aromatic nitrogens is 1. The van der Waals surface area contributed by atoms with Crippen molar-refractivity contribution in [3.05, 3.63) is 42.5 Å². The largest absolute Gasteiger partial charge is 0.497 e. The second-order valence-corrected chi connectivity index (χ2v) is 3.30. The highest BCUT2D eigenvalue weighted by Crippen LogP contribution is 2.20. The Bertz CT molecular complexity index is 485. The molecule has 2 aromatic rings. The average Bonchev–Trinajstić information content (AvgIpc) is 2.29. The van der Waals surface area contributed by atoms with Gasteiger partial charge >= 0.3 is 0 Å². The van der Waals surface area contributed by atoms with Gasteiger partial charge in [0, 0.05) is 11.8 Å². The molecule has 16 heavy (non-hydrogen) atoms. The maximum atomic E-state index is 5.59. The van der Waals surface area contributed by atoms with Crippen LogP contribution in [0.15, 0.2) is 42.5 Å². The van der Waals surface area contributed by atoms with Gasteiger partial charge in [-0.15, -0.1) is 0 Å². The Kier molecular flexibility index (Phi) is 2.91. The Balaban J connectivity index is 2.20. The molecule has 4 nitrogen and oxygen atoms in total. The van der Waals surface area contributed by atoms with Crippen molar-refractivity contribution in [1.82, 2.24) is 4.98 Å². The molecule has 4 heteroatoms. The maximum Gasteiger partial charge on any atom is 0.132 e. The van der Waals surface area contributed by atoms with Gasteiger partial charge in [0.05, 0.1) is 7.11 Å². The van der Waals surface area contributed by atoms with Crippen LogP contribution in [0.1, 0.15) is 0 Å². The van der Waals surface area contributed by atoms with E-state index in [-0.39, 0.29) is 0 Å². The van der Waals surface area contributed by atoms with Crippen LogP contribution in [-0.4, -0.2) is 12.1 Å². The zero-order valence-electron chi connectivity index (χ0n) is 8.97. The Labute approximate surface area is 94.1 Å². The molecule has 0 unspecified atom stereocenters. The Hall–Kier alpha value is -2.23. The van der Waals surface area contributed by atoms with Crippen molar-refractivity contribution in [3.63, 3.8) is 0 Å². The van der Waals surface area contributed by atoms with Crippen LogP contribution in [0.2, 0.25) is 0 Å². The van der Waals surface area contributed by atoms with E-state index in [2.05, 4.69) is 10.3 Å². The number of ether oxygens (including phenoxy) is 1. The van der Waals surface area contributed by atoms with Crippen molar-refractivity contribution in [1.29, 1.82) is 0 Å². The summed E-state index contributed by atoms with van der Waals surface area (Å²) in [6.07, 6.45) is 0. The summed E-state index contributed by atoms with van der Waals surface area (Å²) in [6, 6.07) is 13.1. The average molecular weight is 215 g/mol. The number of methoxy groups -OCH3 is 1. The Morgan fingerprint density at radius 3 is 2.75 bits per heavy atom. The highest BCUT2D eigenvalue weighted by atomic mass is 16.5. The number of benzene rings is 1. The van der Waals surface area contributed by atoms with Crippen molar-refractivity contribution in [2.45, 2.75) is 0 Å². The summed E-state index contributed by atoms with van der Waals surface area (Å²) in [5, 5.41) is 3.15. The molecule has 0 fully saturated rings. The molecular formula is C12H13N3O. The molecule has 1 aromatic heterocycles. The van der Waals surface area contributed by atoms with E-state index in [1.165, 1.54) is 0 Å². The van der Waals surface area contributed by atoms with E-state index in [0.29, 0.717) is 11.6 Å². The third-order valence-corrected chi connectivity index (χ3v) is 2.11. The topological polar surface area (TPSA) is 60.2 Å². The smallest absolute Gasteiger partial charge is 0.132 e. The number of rotatable bonds is 3. The van der Waals surface area contributed by atoms with E-state index >= 15 is 0 Å². The molecule has 1 aromatic carbocycles. The second-order valence-electron chi connectivity index (χ2n) is 3.30. The van der Waals surface area contributed by atoms with Crippen LogP contribution in [0.3, 0.4) is 0 Å². The first-order chi connectivity index (χ1) is 7.78. The summed E-state index contributed by atoms with van der Waals surface area (Å²) in [4.78, 5) is 4.15. The Morgan fingerprint density at radius 1 is 1.19 bits per heavy atom. The zero-order valence-corrected chi connectivity index (χ0v) is 8.97. The van der Waals surface area contributed by atoms with Crippen LogP contribution >= 0.6 is 0 Å². The summed E-state index contributed by atoms with van der Waals surface area (Å²) in [5.74, 6) is 2.01. The Morgan fingerprint density at radius 2 is 2.00 bits per heavy atom. The number of pyridine rings is 1. The van der Waals surface area contributed by atoms with Gasteiger partial charge in [0.25, 0.3) is 0 Å². The fourth-order valence-electron chi connectivity index (χ4n) is 1.37. The number of hydrogen-bond donors (Lipinski definition) is 2.